The molecule has 220 valence electrons. The normalized spacial score (nSPS) is 26.2. The smallest absolute Gasteiger partial charge is 0.306 e. The van der Waals surface area contributed by atoms with E-state index in [0.29, 0.717) is 12.8 Å². The van der Waals surface area contributed by atoms with E-state index in [1.807, 2.05) is 12.2 Å². The second kappa shape index (κ2) is 18.2. The van der Waals surface area contributed by atoms with E-state index in [2.05, 4.69) is 38.7 Å². The molecule has 0 aromatic carbocycles. The molecular weight excluding hydrogens is 521 g/mol. The van der Waals surface area contributed by atoms with Crippen LogP contribution in [0, 0.1) is 11.8 Å². The molecule has 5 N–H and O–H groups in total. The number of phosphoric acid groups is 1. The molecule has 0 aromatic rings. The number of hydrogen-bond donors (Lipinski definition) is 3. The maximum absolute atomic E-state index is 12.0. The van der Waals surface area contributed by atoms with Gasteiger partial charge in [-0.05, 0) is 25.7 Å². The molecule has 1 aliphatic heterocycles. The first-order chi connectivity index (χ1) is 18.3. The third-order valence-electron chi connectivity index (χ3n) is 6.58. The fourth-order valence-corrected chi connectivity index (χ4v) is 5.32. The SMILES string of the molecule is CCCCC[C@@H](/C=C/[C@@H]1[C@@H](C/C=C\CCCC(=O)O[C@H](CO)COP(=O)([O-])OCC[NH3+])[C@@H]2C[C@H]1OO2)OO. The van der Waals surface area contributed by atoms with Crippen LogP contribution in [0.5, 0.6) is 0 Å². The maximum atomic E-state index is 12.0. The molecule has 2 bridgehead atoms. The van der Waals surface area contributed by atoms with Crippen LogP contribution in [0.25, 0.3) is 0 Å². The van der Waals surface area contributed by atoms with E-state index < -0.39 is 33.1 Å². The lowest BCUT2D eigenvalue weighted by Gasteiger charge is -2.27. The van der Waals surface area contributed by atoms with Crippen molar-refractivity contribution in [2.45, 2.75) is 89.1 Å². The molecule has 1 unspecified atom stereocenters. The van der Waals surface area contributed by atoms with E-state index in [4.69, 9.17) is 14.5 Å². The number of aliphatic hydroxyl groups is 1. The summed E-state index contributed by atoms with van der Waals surface area (Å²) in [4.78, 5) is 39.1. The summed E-state index contributed by atoms with van der Waals surface area (Å²) in [5.74, 6) is -0.131. The Morgan fingerprint density at radius 1 is 1.21 bits per heavy atom. The fraction of sp³-hybridized carbons (Fsp3) is 0.800. The number of aliphatic hydroxyl groups excluding tert-OH is 1. The van der Waals surface area contributed by atoms with Crippen molar-refractivity contribution >= 4 is 13.8 Å². The number of ether oxygens (including phenoxy) is 1. The predicted molar refractivity (Wildman–Crippen MR) is 134 cm³/mol. The van der Waals surface area contributed by atoms with Crippen LogP contribution in [-0.2, 0) is 37.8 Å². The van der Waals surface area contributed by atoms with Gasteiger partial charge in [-0.25, -0.2) is 14.7 Å². The van der Waals surface area contributed by atoms with Crippen LogP contribution in [0.2, 0.25) is 0 Å². The molecule has 12 nitrogen and oxygen atoms in total. The van der Waals surface area contributed by atoms with Crippen LogP contribution < -0.4 is 10.6 Å². The van der Waals surface area contributed by atoms with Crippen molar-refractivity contribution in [3.8, 4) is 0 Å². The van der Waals surface area contributed by atoms with Gasteiger partial charge < -0.3 is 29.5 Å². The lowest BCUT2D eigenvalue weighted by molar-refractivity contribution is -0.373. The Morgan fingerprint density at radius 3 is 2.71 bits per heavy atom. The molecule has 2 aliphatic rings. The number of carbonyl (C=O) groups is 1. The zero-order valence-electron chi connectivity index (χ0n) is 22.2. The Morgan fingerprint density at radius 2 is 2.00 bits per heavy atom. The molecule has 1 saturated carbocycles. The molecule has 38 heavy (non-hydrogen) atoms. The number of hydrogen-bond acceptors (Lipinski definition) is 11. The Balaban J connectivity index is 1.70. The quantitative estimate of drug-likeness (QED) is 0.0463. The molecule has 0 spiro atoms. The third kappa shape index (κ3) is 11.9. The van der Waals surface area contributed by atoms with Crippen LogP contribution in [0.3, 0.4) is 0 Å². The highest BCUT2D eigenvalue weighted by molar-refractivity contribution is 7.45. The summed E-state index contributed by atoms with van der Waals surface area (Å²) in [5, 5.41) is 18.5. The van der Waals surface area contributed by atoms with Crippen molar-refractivity contribution in [3.63, 3.8) is 0 Å². The minimum atomic E-state index is -4.53. The van der Waals surface area contributed by atoms with Gasteiger partial charge in [0.05, 0.1) is 25.9 Å². The van der Waals surface area contributed by atoms with E-state index in [1.165, 1.54) is 0 Å². The summed E-state index contributed by atoms with van der Waals surface area (Å²) >= 11 is 0. The number of unbranched alkanes of at least 4 members (excludes halogenated alkanes) is 3. The first-order valence-electron chi connectivity index (χ1n) is 13.5. The van der Waals surface area contributed by atoms with Gasteiger partial charge in [0.25, 0.3) is 7.82 Å². The molecule has 13 heteroatoms. The monoisotopic (exact) mass is 565 g/mol. The number of fused-ring (bicyclic) bond motifs is 2. The number of esters is 1. The molecule has 1 heterocycles. The van der Waals surface area contributed by atoms with Crippen LogP contribution >= 0.6 is 7.82 Å². The second-order valence-electron chi connectivity index (χ2n) is 9.59. The Bertz CT molecular complexity index is 780. The van der Waals surface area contributed by atoms with Gasteiger partial charge in [-0.2, -0.15) is 0 Å². The average molecular weight is 566 g/mol. The summed E-state index contributed by atoms with van der Waals surface area (Å²) in [5.41, 5.74) is 3.47. The van der Waals surface area contributed by atoms with Gasteiger partial charge >= 0.3 is 5.97 Å². The van der Waals surface area contributed by atoms with E-state index in [-0.39, 0.29) is 49.7 Å². The minimum Gasteiger partial charge on any atom is -0.756 e. The molecule has 2 rings (SSSR count). The summed E-state index contributed by atoms with van der Waals surface area (Å²) in [6.07, 6.45) is 13.6. The van der Waals surface area contributed by atoms with Crippen LogP contribution in [0.1, 0.15) is 64.7 Å². The highest BCUT2D eigenvalue weighted by Crippen LogP contribution is 2.45. The topological polar surface area (TPSA) is 181 Å². The molecule has 7 atom stereocenters. The van der Waals surface area contributed by atoms with Crippen molar-refractivity contribution in [3.05, 3.63) is 24.3 Å². The zero-order valence-corrected chi connectivity index (χ0v) is 23.1. The molecule has 1 aliphatic carbocycles. The first-order valence-corrected chi connectivity index (χ1v) is 14.9. The summed E-state index contributed by atoms with van der Waals surface area (Å²) in [6.45, 7) is 1.18. The maximum Gasteiger partial charge on any atom is 0.306 e. The fourth-order valence-electron chi connectivity index (χ4n) is 4.54. The molecular formula is C25H44NO11P. The van der Waals surface area contributed by atoms with Gasteiger partial charge in [-0.3, -0.25) is 14.6 Å². The second-order valence-corrected chi connectivity index (χ2v) is 11.0. The number of rotatable bonds is 21. The first kappa shape index (κ1) is 33.0. The molecule has 0 amide bonds. The molecule has 0 aromatic heterocycles. The van der Waals surface area contributed by atoms with E-state index in [1.54, 1.807) is 0 Å². The predicted octanol–water partition coefficient (Wildman–Crippen LogP) is 2.08. The van der Waals surface area contributed by atoms with Crippen molar-refractivity contribution in [2.75, 3.05) is 26.4 Å². The van der Waals surface area contributed by atoms with Gasteiger partial charge in [-0.15, -0.1) is 0 Å². The Kier molecular flexibility index (Phi) is 15.8. The van der Waals surface area contributed by atoms with Crippen molar-refractivity contribution < 1.29 is 58.8 Å². The lowest BCUT2D eigenvalue weighted by atomic mass is 9.89. The molecule has 2 fully saturated rings. The number of quaternary nitrogens is 1. The highest BCUT2D eigenvalue weighted by Gasteiger charge is 2.49. The molecule has 1 saturated heterocycles. The Hall–Kier alpha value is -1.18. The van der Waals surface area contributed by atoms with Crippen molar-refractivity contribution in [1.82, 2.24) is 0 Å². The standard InChI is InChI=1S/C25H44NO11P/c1-2-3-6-9-19(35-29)12-13-22-21(23-16-24(22)37-36-23)10-7-4-5-8-11-25(28)34-20(17-27)18-33-38(30,31)32-15-14-26/h4,7,12-13,19-24,27,29H,2-3,5-6,8-11,14-18,26H2,1H3,(H,30,31)/b7-4-,13-12+/t19-,20+,21+,22+,23-,24+/m0/s1. The van der Waals surface area contributed by atoms with Crippen LogP contribution in [0.4, 0.5) is 0 Å². The summed E-state index contributed by atoms with van der Waals surface area (Å²) in [7, 11) is -4.53. The van der Waals surface area contributed by atoms with E-state index >= 15 is 0 Å². The van der Waals surface area contributed by atoms with Gasteiger partial charge in [0.1, 0.15) is 24.9 Å². The number of phosphoric ester groups is 1. The van der Waals surface area contributed by atoms with Gasteiger partial charge in [0.15, 0.2) is 0 Å². The summed E-state index contributed by atoms with van der Waals surface area (Å²) < 4.78 is 25.8. The van der Waals surface area contributed by atoms with Crippen molar-refractivity contribution in [1.29, 1.82) is 0 Å². The average Bonchev–Trinajstić information content (AvgIpc) is 3.51. The van der Waals surface area contributed by atoms with Crippen LogP contribution in [-0.4, -0.2) is 67.1 Å². The largest absolute Gasteiger partial charge is 0.756 e. The van der Waals surface area contributed by atoms with Crippen LogP contribution in [0.15, 0.2) is 24.3 Å². The third-order valence-corrected chi connectivity index (χ3v) is 7.55. The zero-order chi connectivity index (χ0) is 27.8. The van der Waals surface area contributed by atoms with Gasteiger partial charge in [0.2, 0.25) is 0 Å². The summed E-state index contributed by atoms with van der Waals surface area (Å²) in [6, 6.07) is 0. The van der Waals surface area contributed by atoms with Crippen molar-refractivity contribution in [2.24, 2.45) is 11.8 Å². The van der Waals surface area contributed by atoms with E-state index in [9.17, 15) is 24.6 Å². The highest BCUT2D eigenvalue weighted by atomic mass is 31.2. The Labute approximate surface area is 224 Å². The number of allylic oxidation sites excluding steroid dienone is 2. The molecule has 0 radical (unpaired) electrons. The minimum absolute atomic E-state index is 0.00593. The van der Waals surface area contributed by atoms with E-state index in [0.717, 1.165) is 38.5 Å². The van der Waals surface area contributed by atoms with Gasteiger partial charge in [-0.1, -0.05) is 50.5 Å². The lowest BCUT2D eigenvalue weighted by Crippen LogP contribution is -2.52. The number of carbonyl (C=O) groups excluding carboxylic acids is 1. The van der Waals surface area contributed by atoms with Gasteiger partial charge in [0, 0.05) is 24.7 Å².